The van der Waals surface area contributed by atoms with Crippen molar-refractivity contribution in [3.8, 4) is 0 Å². The highest BCUT2D eigenvalue weighted by molar-refractivity contribution is 7.92. The van der Waals surface area contributed by atoms with Crippen molar-refractivity contribution < 1.29 is 17.6 Å². The molecule has 1 N–H and O–H groups in total. The first kappa shape index (κ1) is 15.3. The van der Waals surface area contributed by atoms with Gasteiger partial charge in [-0.15, -0.1) is 0 Å². The maximum atomic E-state index is 12.0. The molecule has 0 bridgehead atoms. The standard InChI is InChI=1S/C12H23N4O3S/c1-15-10-12(13-11-15)14-20(17,18)9-3-4-16(2)5-7-19-8-6-16/h10-11,14H,3-9H2,1-2H3/q+1. The lowest BCUT2D eigenvalue weighted by atomic mass is 10.3. The number of aromatic nitrogens is 2. The van der Waals surface area contributed by atoms with E-state index in [0.29, 0.717) is 12.2 Å². The van der Waals surface area contributed by atoms with Crippen LogP contribution in [-0.2, 0) is 21.8 Å². The predicted molar refractivity (Wildman–Crippen MR) is 76.8 cm³/mol. The molecular weight excluding hydrogens is 280 g/mol. The number of morpholine rings is 1. The number of hydrogen-bond donors (Lipinski definition) is 1. The lowest BCUT2D eigenvalue weighted by molar-refractivity contribution is -0.916. The number of hydrogen-bond acceptors (Lipinski definition) is 4. The quantitative estimate of drug-likeness (QED) is 0.753. The van der Waals surface area contributed by atoms with Gasteiger partial charge in [0.15, 0.2) is 5.82 Å². The number of quaternary nitrogens is 1. The Hall–Kier alpha value is -1.12. The molecule has 0 spiro atoms. The fourth-order valence-corrected chi connectivity index (χ4v) is 3.35. The Kier molecular flexibility index (Phi) is 4.66. The predicted octanol–water partition coefficient (Wildman–Crippen LogP) is 0.0287. The highest BCUT2D eigenvalue weighted by atomic mass is 32.2. The van der Waals surface area contributed by atoms with E-state index in [4.69, 9.17) is 4.74 Å². The van der Waals surface area contributed by atoms with Crippen molar-refractivity contribution in [2.45, 2.75) is 6.42 Å². The van der Waals surface area contributed by atoms with Crippen LogP contribution in [0, 0.1) is 0 Å². The molecule has 1 saturated heterocycles. The van der Waals surface area contributed by atoms with Crippen LogP contribution < -0.4 is 4.72 Å². The highest BCUT2D eigenvalue weighted by Gasteiger charge is 2.25. The first-order chi connectivity index (χ1) is 9.39. The summed E-state index contributed by atoms with van der Waals surface area (Å²) in [5.74, 6) is 0.498. The van der Waals surface area contributed by atoms with Gasteiger partial charge in [0, 0.05) is 19.7 Å². The Morgan fingerprint density at radius 3 is 2.75 bits per heavy atom. The van der Waals surface area contributed by atoms with Crippen molar-refractivity contribution >= 4 is 15.8 Å². The number of nitrogens with one attached hydrogen (secondary N) is 1. The summed E-state index contributed by atoms with van der Waals surface area (Å²) in [6, 6.07) is 0. The van der Waals surface area contributed by atoms with Crippen molar-refractivity contribution in [1.82, 2.24) is 9.55 Å². The second-order valence-electron chi connectivity index (χ2n) is 5.60. The molecule has 7 nitrogen and oxygen atoms in total. The van der Waals surface area contributed by atoms with Crippen LogP contribution in [0.2, 0.25) is 0 Å². The Morgan fingerprint density at radius 1 is 1.45 bits per heavy atom. The summed E-state index contributed by atoms with van der Waals surface area (Å²) in [5, 5.41) is 0. The van der Waals surface area contributed by atoms with Crippen LogP contribution in [0.1, 0.15) is 6.42 Å². The molecule has 1 aromatic heterocycles. The summed E-state index contributed by atoms with van der Waals surface area (Å²) in [6.07, 6.45) is 3.85. The molecule has 0 atom stereocenters. The molecule has 0 aliphatic carbocycles. The van der Waals surface area contributed by atoms with Crippen LogP contribution in [0.25, 0.3) is 0 Å². The van der Waals surface area contributed by atoms with Gasteiger partial charge in [-0.1, -0.05) is 0 Å². The molecule has 0 saturated carbocycles. The average Bonchev–Trinajstić information content (AvgIpc) is 2.74. The second-order valence-corrected chi connectivity index (χ2v) is 7.44. The van der Waals surface area contributed by atoms with Crippen molar-refractivity contribution in [3.63, 3.8) is 0 Å². The molecule has 0 unspecified atom stereocenters. The SMILES string of the molecule is Cn1cnc(NS(=O)(=O)CCC[N+]2(C)CCOCC2)c1. The van der Waals surface area contributed by atoms with Crippen LogP contribution in [0.5, 0.6) is 0 Å². The molecule has 20 heavy (non-hydrogen) atoms. The molecule has 1 aliphatic heterocycles. The van der Waals surface area contributed by atoms with Gasteiger partial charge in [-0.05, 0) is 0 Å². The molecule has 1 aliphatic rings. The maximum absolute atomic E-state index is 12.0. The van der Waals surface area contributed by atoms with Gasteiger partial charge in [-0.2, -0.15) is 0 Å². The number of rotatable bonds is 6. The van der Waals surface area contributed by atoms with E-state index in [2.05, 4.69) is 16.8 Å². The number of aryl methyl sites for hydroxylation is 1. The summed E-state index contributed by atoms with van der Waals surface area (Å²) >= 11 is 0. The fourth-order valence-electron chi connectivity index (χ4n) is 2.32. The largest absolute Gasteiger partial charge is 0.370 e. The molecule has 0 aromatic carbocycles. The van der Waals surface area contributed by atoms with Gasteiger partial charge < -0.3 is 13.8 Å². The van der Waals surface area contributed by atoms with Crippen LogP contribution in [0.15, 0.2) is 12.5 Å². The molecule has 114 valence electrons. The monoisotopic (exact) mass is 303 g/mol. The fraction of sp³-hybridized carbons (Fsp3) is 0.750. The summed E-state index contributed by atoms with van der Waals surface area (Å²) in [6.45, 7) is 4.28. The van der Waals surface area contributed by atoms with Crippen LogP contribution in [0.4, 0.5) is 5.82 Å². The smallest absolute Gasteiger partial charge is 0.234 e. The molecule has 2 heterocycles. The normalized spacial score (nSPS) is 18.9. The molecule has 0 radical (unpaired) electrons. The van der Waals surface area contributed by atoms with Gasteiger partial charge in [0.05, 0.1) is 38.9 Å². The summed E-state index contributed by atoms with van der Waals surface area (Å²) in [7, 11) is 0.638. The minimum atomic E-state index is -3.32. The number of nitrogens with zero attached hydrogens (tertiary/aromatic N) is 3. The lowest BCUT2D eigenvalue weighted by Gasteiger charge is -2.37. The minimum absolute atomic E-state index is 0.123. The zero-order valence-electron chi connectivity index (χ0n) is 12.1. The molecule has 2 rings (SSSR count). The van der Waals surface area contributed by atoms with Crippen LogP contribution >= 0.6 is 0 Å². The first-order valence-electron chi connectivity index (χ1n) is 6.78. The molecule has 0 amide bonds. The van der Waals surface area contributed by atoms with E-state index < -0.39 is 10.0 Å². The van der Waals surface area contributed by atoms with Gasteiger partial charge in [0.25, 0.3) is 0 Å². The topological polar surface area (TPSA) is 73.2 Å². The van der Waals surface area contributed by atoms with Gasteiger partial charge >= 0.3 is 0 Å². The van der Waals surface area contributed by atoms with Crippen molar-refractivity contribution in [1.29, 1.82) is 0 Å². The number of likely N-dealkylation sites (N-methyl/N-ethyl adjacent to an activating group) is 1. The van der Waals surface area contributed by atoms with E-state index in [1.807, 2.05) is 0 Å². The van der Waals surface area contributed by atoms with Gasteiger partial charge in [-0.25, -0.2) is 13.4 Å². The summed E-state index contributed by atoms with van der Waals surface area (Å²) < 4.78 is 34.4. The number of imidazole rings is 1. The molecule has 1 aromatic rings. The Bertz CT molecular complexity index is 535. The van der Waals surface area contributed by atoms with Crippen molar-refractivity contribution in [3.05, 3.63) is 12.5 Å². The Labute approximate surface area is 120 Å². The number of sulfonamides is 1. The Balaban J connectivity index is 1.80. The highest BCUT2D eigenvalue weighted by Crippen LogP contribution is 2.10. The zero-order valence-corrected chi connectivity index (χ0v) is 12.9. The molecule has 1 fully saturated rings. The van der Waals surface area contributed by atoms with Gasteiger partial charge in [0.1, 0.15) is 13.1 Å². The zero-order chi connectivity index (χ0) is 14.6. The van der Waals surface area contributed by atoms with Gasteiger partial charge in [-0.3, -0.25) is 4.72 Å². The number of ether oxygens (including phenoxy) is 1. The van der Waals surface area contributed by atoms with E-state index in [1.165, 1.54) is 0 Å². The van der Waals surface area contributed by atoms with E-state index in [-0.39, 0.29) is 5.75 Å². The third kappa shape index (κ3) is 4.46. The summed E-state index contributed by atoms with van der Waals surface area (Å²) in [4.78, 5) is 3.96. The van der Waals surface area contributed by atoms with Crippen LogP contribution in [-0.4, -0.2) is 68.1 Å². The first-order valence-corrected chi connectivity index (χ1v) is 8.44. The van der Waals surface area contributed by atoms with E-state index in [1.54, 1.807) is 24.1 Å². The maximum Gasteiger partial charge on any atom is 0.234 e. The summed E-state index contributed by atoms with van der Waals surface area (Å²) in [5.41, 5.74) is 0. The average molecular weight is 303 g/mol. The van der Waals surface area contributed by atoms with E-state index >= 15 is 0 Å². The second kappa shape index (κ2) is 6.11. The number of anilines is 1. The van der Waals surface area contributed by atoms with E-state index in [0.717, 1.165) is 37.3 Å². The third-order valence-electron chi connectivity index (χ3n) is 3.63. The van der Waals surface area contributed by atoms with E-state index in [9.17, 15) is 8.42 Å². The van der Waals surface area contributed by atoms with Crippen molar-refractivity contribution in [2.75, 3.05) is 50.4 Å². The molecular formula is C12H23N4O3S+. The Morgan fingerprint density at radius 2 is 2.15 bits per heavy atom. The van der Waals surface area contributed by atoms with Crippen molar-refractivity contribution in [2.24, 2.45) is 7.05 Å². The third-order valence-corrected chi connectivity index (χ3v) is 4.97. The van der Waals surface area contributed by atoms with Gasteiger partial charge in [0.2, 0.25) is 10.0 Å². The minimum Gasteiger partial charge on any atom is -0.370 e. The lowest BCUT2D eigenvalue weighted by Crippen LogP contribution is -2.52. The van der Waals surface area contributed by atoms with Crippen LogP contribution in [0.3, 0.4) is 0 Å². The molecule has 8 heteroatoms.